The van der Waals surface area contributed by atoms with Gasteiger partial charge in [0.05, 0.1) is 12.3 Å². The summed E-state index contributed by atoms with van der Waals surface area (Å²) in [6.07, 6.45) is 0.720. The monoisotopic (exact) mass is 390 g/mol. The summed E-state index contributed by atoms with van der Waals surface area (Å²) in [5.41, 5.74) is 5.80. The summed E-state index contributed by atoms with van der Waals surface area (Å²) >= 11 is 0. The van der Waals surface area contributed by atoms with Crippen molar-refractivity contribution in [2.45, 2.75) is 20.3 Å². The summed E-state index contributed by atoms with van der Waals surface area (Å²) in [7, 11) is -3.01. The third kappa shape index (κ3) is 4.88. The Morgan fingerprint density at radius 2 is 2.00 bits per heavy atom. The van der Waals surface area contributed by atoms with E-state index in [1.165, 1.54) is 4.31 Å². The molecule has 8 heteroatoms. The number of hydrogen-bond donors (Lipinski definition) is 1. The van der Waals surface area contributed by atoms with Crippen LogP contribution in [-0.4, -0.2) is 62.1 Å². The second-order valence-electron chi connectivity index (χ2n) is 3.98. The molecule has 0 saturated carbocycles. The Morgan fingerprint density at radius 3 is 2.44 bits per heavy atom. The average Bonchev–Trinajstić information content (AvgIpc) is 2.60. The number of nitrogens with two attached hydrogens (primary N) is 1. The Kier molecular flexibility index (Phi) is 8.11. The second kappa shape index (κ2) is 8.16. The van der Waals surface area contributed by atoms with Crippen molar-refractivity contribution >= 4 is 40.0 Å². The van der Waals surface area contributed by atoms with Crippen LogP contribution in [0.1, 0.15) is 20.3 Å². The lowest BCUT2D eigenvalue weighted by molar-refractivity contribution is 0.441. The van der Waals surface area contributed by atoms with Gasteiger partial charge in [0, 0.05) is 26.2 Å². The maximum absolute atomic E-state index is 11.5. The van der Waals surface area contributed by atoms with Crippen LogP contribution in [0.5, 0.6) is 0 Å². The number of sulfonamides is 1. The summed E-state index contributed by atoms with van der Waals surface area (Å²) in [6.45, 7) is 7.13. The van der Waals surface area contributed by atoms with Gasteiger partial charge in [-0.1, -0.05) is 0 Å². The van der Waals surface area contributed by atoms with Crippen molar-refractivity contribution in [2.75, 3.05) is 38.5 Å². The Hall–Kier alpha value is -0.0900. The molecule has 18 heavy (non-hydrogen) atoms. The van der Waals surface area contributed by atoms with Crippen molar-refractivity contribution in [1.82, 2.24) is 9.21 Å². The molecule has 6 nitrogen and oxygen atoms in total. The first-order valence-electron chi connectivity index (χ1n) is 6.04. The molecule has 0 unspecified atom stereocenters. The molecule has 1 fully saturated rings. The molecule has 0 spiro atoms. The van der Waals surface area contributed by atoms with E-state index >= 15 is 0 Å². The van der Waals surface area contributed by atoms with Gasteiger partial charge in [-0.2, -0.15) is 0 Å². The molecule has 1 aliphatic heterocycles. The lowest BCUT2D eigenvalue weighted by Crippen LogP contribution is -2.38. The van der Waals surface area contributed by atoms with E-state index in [4.69, 9.17) is 5.73 Å². The first kappa shape index (κ1) is 17.9. The first-order chi connectivity index (χ1) is 8.01. The molecule has 2 N–H and O–H groups in total. The van der Waals surface area contributed by atoms with Crippen LogP contribution in [0.4, 0.5) is 0 Å². The molecular formula is C10H23IN4O2S. The zero-order valence-electron chi connectivity index (χ0n) is 11.0. The fourth-order valence-electron chi connectivity index (χ4n) is 1.87. The summed E-state index contributed by atoms with van der Waals surface area (Å²) in [6, 6.07) is 0. The quantitative estimate of drug-likeness (QED) is 0.416. The Morgan fingerprint density at radius 1 is 1.39 bits per heavy atom. The van der Waals surface area contributed by atoms with Gasteiger partial charge in [-0.15, -0.1) is 24.0 Å². The van der Waals surface area contributed by atoms with Gasteiger partial charge in [0.2, 0.25) is 10.0 Å². The summed E-state index contributed by atoms with van der Waals surface area (Å²) in [4.78, 5) is 6.15. The van der Waals surface area contributed by atoms with Crippen molar-refractivity contribution < 1.29 is 8.42 Å². The lowest BCUT2D eigenvalue weighted by atomic mass is 10.5. The first-order valence-corrected chi connectivity index (χ1v) is 7.64. The molecule has 0 aromatic rings. The number of nitrogens with zero attached hydrogens (tertiary/aromatic N) is 3. The standard InChI is InChI=1S/C10H22N4O2S.HI/c1-3-13(4-2)10(11)12-6-8-14-7-5-9-17(14,15)16;/h3-9H2,1-2H3,(H2,11,12);1H. The smallest absolute Gasteiger partial charge is 0.214 e. The molecule has 1 aliphatic rings. The Balaban J connectivity index is 0.00000289. The maximum atomic E-state index is 11.5. The number of guanidine groups is 1. The molecule has 0 amide bonds. The molecule has 1 saturated heterocycles. The van der Waals surface area contributed by atoms with Gasteiger partial charge in [0.1, 0.15) is 0 Å². The highest BCUT2D eigenvalue weighted by Crippen LogP contribution is 2.12. The molecule has 0 bridgehead atoms. The summed E-state index contributed by atoms with van der Waals surface area (Å²) in [5.74, 6) is 0.758. The molecule has 0 aromatic heterocycles. The van der Waals surface area contributed by atoms with E-state index in [-0.39, 0.29) is 29.7 Å². The zero-order chi connectivity index (χ0) is 12.9. The van der Waals surface area contributed by atoms with Crippen molar-refractivity contribution in [3.63, 3.8) is 0 Å². The lowest BCUT2D eigenvalue weighted by Gasteiger charge is -2.19. The average molecular weight is 390 g/mol. The Bertz CT molecular complexity index is 368. The van der Waals surface area contributed by atoms with E-state index in [1.54, 1.807) is 0 Å². The van der Waals surface area contributed by atoms with E-state index < -0.39 is 10.0 Å². The van der Waals surface area contributed by atoms with Gasteiger partial charge < -0.3 is 10.6 Å². The van der Waals surface area contributed by atoms with Crippen LogP contribution in [0.25, 0.3) is 0 Å². The van der Waals surface area contributed by atoms with Crippen LogP contribution in [0.15, 0.2) is 4.99 Å². The highest BCUT2D eigenvalue weighted by atomic mass is 127. The topological polar surface area (TPSA) is 79.0 Å². The maximum Gasteiger partial charge on any atom is 0.214 e. The second-order valence-corrected chi connectivity index (χ2v) is 6.07. The molecule has 0 aromatic carbocycles. The normalized spacial score (nSPS) is 19.6. The van der Waals surface area contributed by atoms with Crippen LogP contribution >= 0.6 is 24.0 Å². The minimum atomic E-state index is -3.01. The molecule has 108 valence electrons. The molecule has 0 radical (unpaired) electrons. The van der Waals surface area contributed by atoms with Crippen LogP contribution in [0.3, 0.4) is 0 Å². The van der Waals surface area contributed by atoms with Crippen molar-refractivity contribution in [1.29, 1.82) is 0 Å². The molecule has 1 heterocycles. The van der Waals surface area contributed by atoms with E-state index in [9.17, 15) is 8.42 Å². The number of aliphatic imine (C=N–C) groups is 1. The molecule has 1 rings (SSSR count). The van der Waals surface area contributed by atoms with E-state index in [2.05, 4.69) is 4.99 Å². The largest absolute Gasteiger partial charge is 0.370 e. The van der Waals surface area contributed by atoms with Crippen molar-refractivity contribution in [2.24, 2.45) is 10.7 Å². The molecule has 0 atom stereocenters. The van der Waals surface area contributed by atoms with Gasteiger partial charge >= 0.3 is 0 Å². The summed E-state index contributed by atoms with van der Waals surface area (Å²) < 4.78 is 24.5. The van der Waals surface area contributed by atoms with Crippen LogP contribution in [0, 0.1) is 0 Å². The zero-order valence-corrected chi connectivity index (χ0v) is 14.1. The van der Waals surface area contributed by atoms with Gasteiger partial charge in [0.15, 0.2) is 5.96 Å². The van der Waals surface area contributed by atoms with Crippen molar-refractivity contribution in [3.05, 3.63) is 0 Å². The fourth-order valence-corrected chi connectivity index (χ4v) is 3.39. The van der Waals surface area contributed by atoms with Gasteiger partial charge in [-0.05, 0) is 20.3 Å². The van der Waals surface area contributed by atoms with Crippen LogP contribution in [-0.2, 0) is 10.0 Å². The fraction of sp³-hybridized carbons (Fsp3) is 0.900. The number of hydrogen-bond acceptors (Lipinski definition) is 3. The third-order valence-corrected chi connectivity index (χ3v) is 4.87. The number of rotatable bonds is 5. The van der Waals surface area contributed by atoms with Gasteiger partial charge in [0.25, 0.3) is 0 Å². The predicted octanol–water partition coefficient (Wildman–Crippen LogP) is 0.296. The van der Waals surface area contributed by atoms with E-state index in [0.717, 1.165) is 19.5 Å². The van der Waals surface area contributed by atoms with E-state index in [0.29, 0.717) is 25.6 Å². The van der Waals surface area contributed by atoms with Crippen LogP contribution in [0.2, 0.25) is 0 Å². The SMILES string of the molecule is CCN(CC)C(N)=NCCN1CCCS1(=O)=O.I. The van der Waals surface area contributed by atoms with Crippen LogP contribution < -0.4 is 5.73 Å². The highest BCUT2D eigenvalue weighted by molar-refractivity contribution is 14.0. The number of halogens is 1. The van der Waals surface area contributed by atoms with E-state index in [1.807, 2.05) is 18.7 Å². The van der Waals surface area contributed by atoms with Crippen molar-refractivity contribution in [3.8, 4) is 0 Å². The Labute approximate surface area is 127 Å². The third-order valence-electron chi connectivity index (χ3n) is 2.91. The van der Waals surface area contributed by atoms with Gasteiger partial charge in [-0.3, -0.25) is 4.99 Å². The minimum absolute atomic E-state index is 0. The highest BCUT2D eigenvalue weighted by Gasteiger charge is 2.27. The molecular weight excluding hydrogens is 367 g/mol. The molecule has 0 aliphatic carbocycles. The van der Waals surface area contributed by atoms with Gasteiger partial charge in [-0.25, -0.2) is 12.7 Å². The minimum Gasteiger partial charge on any atom is -0.370 e. The summed E-state index contributed by atoms with van der Waals surface area (Å²) in [5, 5.41) is 0. The predicted molar refractivity (Wildman–Crippen MR) is 84.8 cm³/mol.